The van der Waals surface area contributed by atoms with Gasteiger partial charge in [0.05, 0.1) is 11.0 Å². The van der Waals surface area contributed by atoms with Crippen LogP contribution in [0.4, 0.5) is 5.69 Å². The molecule has 0 bridgehead atoms. The SMILES string of the molecule is CCN(CC)c1ccc(C(C(N)=S)N(CC)CC)cc1. The molecule has 1 rings (SSSR count). The van der Waals surface area contributed by atoms with E-state index >= 15 is 0 Å². The topological polar surface area (TPSA) is 32.5 Å². The van der Waals surface area contributed by atoms with E-state index in [0.717, 1.165) is 26.2 Å². The van der Waals surface area contributed by atoms with Crippen LogP contribution in [0.15, 0.2) is 24.3 Å². The van der Waals surface area contributed by atoms with E-state index in [2.05, 4.69) is 61.8 Å². The number of benzene rings is 1. The lowest BCUT2D eigenvalue weighted by Gasteiger charge is -2.29. The summed E-state index contributed by atoms with van der Waals surface area (Å²) in [5.74, 6) is 0. The number of rotatable bonds is 8. The quantitative estimate of drug-likeness (QED) is 0.746. The highest BCUT2D eigenvalue weighted by Gasteiger charge is 2.20. The van der Waals surface area contributed by atoms with Gasteiger partial charge in [0, 0.05) is 18.8 Å². The van der Waals surface area contributed by atoms with Gasteiger partial charge in [-0.1, -0.05) is 38.2 Å². The minimum Gasteiger partial charge on any atom is -0.392 e. The van der Waals surface area contributed by atoms with E-state index in [4.69, 9.17) is 18.0 Å². The first-order valence-electron chi connectivity index (χ1n) is 7.47. The minimum absolute atomic E-state index is 0.0331. The fourth-order valence-corrected chi connectivity index (χ4v) is 2.89. The molecule has 1 aromatic carbocycles. The van der Waals surface area contributed by atoms with E-state index in [-0.39, 0.29) is 6.04 Å². The number of thiocarbonyl (C=S) groups is 1. The average molecular weight is 293 g/mol. The van der Waals surface area contributed by atoms with E-state index < -0.39 is 0 Å². The Kier molecular flexibility index (Phi) is 6.96. The third kappa shape index (κ3) is 3.93. The molecule has 0 aliphatic rings. The first-order chi connectivity index (χ1) is 9.58. The van der Waals surface area contributed by atoms with Gasteiger partial charge in [0.15, 0.2) is 0 Å². The van der Waals surface area contributed by atoms with E-state index in [1.807, 2.05) is 0 Å². The second-order valence-electron chi connectivity index (χ2n) is 4.79. The van der Waals surface area contributed by atoms with E-state index in [9.17, 15) is 0 Å². The van der Waals surface area contributed by atoms with Crippen molar-refractivity contribution in [1.82, 2.24) is 4.90 Å². The van der Waals surface area contributed by atoms with Crippen molar-refractivity contribution in [3.8, 4) is 0 Å². The van der Waals surface area contributed by atoms with Crippen molar-refractivity contribution in [1.29, 1.82) is 0 Å². The van der Waals surface area contributed by atoms with E-state index in [1.54, 1.807) is 0 Å². The Morgan fingerprint density at radius 3 is 1.85 bits per heavy atom. The largest absolute Gasteiger partial charge is 0.392 e. The molecule has 0 aliphatic heterocycles. The third-order valence-corrected chi connectivity index (χ3v) is 4.01. The Bertz CT molecular complexity index is 408. The molecule has 0 amide bonds. The van der Waals surface area contributed by atoms with Gasteiger partial charge in [-0.3, -0.25) is 4.90 Å². The number of anilines is 1. The van der Waals surface area contributed by atoms with Gasteiger partial charge in [0.25, 0.3) is 0 Å². The Morgan fingerprint density at radius 1 is 1.00 bits per heavy atom. The van der Waals surface area contributed by atoms with E-state index in [0.29, 0.717) is 4.99 Å². The normalized spacial score (nSPS) is 12.4. The molecule has 0 aromatic heterocycles. The molecular weight excluding hydrogens is 266 g/mol. The summed E-state index contributed by atoms with van der Waals surface area (Å²) in [5, 5.41) is 0. The summed E-state index contributed by atoms with van der Waals surface area (Å²) in [5.41, 5.74) is 8.38. The summed E-state index contributed by atoms with van der Waals surface area (Å²) in [6.07, 6.45) is 0. The molecule has 1 atom stereocenters. The zero-order chi connectivity index (χ0) is 15.1. The van der Waals surface area contributed by atoms with Crippen LogP contribution in [-0.2, 0) is 0 Å². The van der Waals surface area contributed by atoms with Crippen molar-refractivity contribution < 1.29 is 0 Å². The van der Waals surface area contributed by atoms with Gasteiger partial charge in [-0.05, 0) is 44.6 Å². The van der Waals surface area contributed by atoms with Crippen molar-refractivity contribution in [2.75, 3.05) is 31.1 Å². The molecule has 1 aromatic rings. The molecule has 20 heavy (non-hydrogen) atoms. The molecule has 4 heteroatoms. The molecule has 0 fully saturated rings. The molecule has 0 radical (unpaired) electrons. The monoisotopic (exact) mass is 293 g/mol. The maximum absolute atomic E-state index is 5.95. The van der Waals surface area contributed by atoms with Crippen LogP contribution in [0.25, 0.3) is 0 Å². The van der Waals surface area contributed by atoms with Crippen LogP contribution < -0.4 is 10.6 Å². The minimum atomic E-state index is 0.0331. The van der Waals surface area contributed by atoms with Crippen LogP contribution in [0.1, 0.15) is 39.3 Å². The van der Waals surface area contributed by atoms with Crippen LogP contribution >= 0.6 is 12.2 Å². The van der Waals surface area contributed by atoms with Crippen LogP contribution in [0, 0.1) is 0 Å². The molecule has 3 nitrogen and oxygen atoms in total. The number of likely N-dealkylation sites (N-methyl/N-ethyl adjacent to an activating group) is 1. The Morgan fingerprint density at radius 2 is 1.50 bits per heavy atom. The molecule has 2 N–H and O–H groups in total. The maximum atomic E-state index is 5.95. The van der Waals surface area contributed by atoms with Gasteiger partial charge in [0.1, 0.15) is 0 Å². The lowest BCUT2D eigenvalue weighted by molar-refractivity contribution is 0.272. The van der Waals surface area contributed by atoms with Crippen LogP contribution in [0.3, 0.4) is 0 Å². The van der Waals surface area contributed by atoms with E-state index in [1.165, 1.54) is 11.3 Å². The number of nitrogens with two attached hydrogens (primary N) is 1. The van der Waals surface area contributed by atoms with Crippen LogP contribution in [0.2, 0.25) is 0 Å². The van der Waals surface area contributed by atoms with Crippen LogP contribution in [-0.4, -0.2) is 36.1 Å². The summed E-state index contributed by atoms with van der Waals surface area (Å²) in [4.78, 5) is 5.16. The number of hydrogen-bond donors (Lipinski definition) is 1. The second-order valence-corrected chi connectivity index (χ2v) is 5.26. The molecule has 0 heterocycles. The molecule has 0 saturated carbocycles. The van der Waals surface area contributed by atoms with Gasteiger partial charge >= 0.3 is 0 Å². The van der Waals surface area contributed by atoms with Crippen molar-refractivity contribution >= 4 is 22.9 Å². The molecule has 0 spiro atoms. The van der Waals surface area contributed by atoms with Crippen molar-refractivity contribution in [2.45, 2.75) is 33.7 Å². The fraction of sp³-hybridized carbons (Fsp3) is 0.562. The lowest BCUT2D eigenvalue weighted by atomic mass is 10.0. The fourth-order valence-electron chi connectivity index (χ4n) is 2.60. The molecule has 1 unspecified atom stereocenters. The maximum Gasteiger partial charge on any atom is 0.0948 e. The summed E-state index contributed by atoms with van der Waals surface area (Å²) in [6, 6.07) is 8.66. The van der Waals surface area contributed by atoms with Gasteiger partial charge in [-0.15, -0.1) is 0 Å². The van der Waals surface area contributed by atoms with Gasteiger partial charge in [-0.25, -0.2) is 0 Å². The first kappa shape index (κ1) is 16.9. The number of hydrogen-bond acceptors (Lipinski definition) is 3. The van der Waals surface area contributed by atoms with Gasteiger partial charge < -0.3 is 10.6 Å². The molecular formula is C16H27N3S. The standard InChI is InChI=1S/C16H27N3S/c1-5-18(6-2)14-11-9-13(10-12-14)15(16(17)20)19(7-3)8-4/h9-12,15H,5-8H2,1-4H3,(H2,17,20). The zero-order valence-corrected chi connectivity index (χ0v) is 13.9. The van der Waals surface area contributed by atoms with Gasteiger partial charge in [-0.2, -0.15) is 0 Å². The smallest absolute Gasteiger partial charge is 0.0948 e. The molecule has 0 saturated heterocycles. The van der Waals surface area contributed by atoms with Crippen LogP contribution in [0.5, 0.6) is 0 Å². The summed E-state index contributed by atoms with van der Waals surface area (Å²) in [6.45, 7) is 12.5. The predicted molar refractivity (Wildman–Crippen MR) is 92.5 cm³/mol. The van der Waals surface area contributed by atoms with Crippen molar-refractivity contribution in [3.05, 3.63) is 29.8 Å². The number of nitrogens with zero attached hydrogens (tertiary/aromatic N) is 2. The lowest BCUT2D eigenvalue weighted by Crippen LogP contribution is -2.36. The van der Waals surface area contributed by atoms with Gasteiger partial charge in [0.2, 0.25) is 0 Å². The second kappa shape index (κ2) is 8.22. The third-order valence-electron chi connectivity index (χ3n) is 3.78. The molecule has 0 aliphatic carbocycles. The molecule has 112 valence electrons. The van der Waals surface area contributed by atoms with Crippen molar-refractivity contribution in [2.24, 2.45) is 5.73 Å². The first-order valence-corrected chi connectivity index (χ1v) is 7.87. The highest BCUT2D eigenvalue weighted by atomic mass is 32.1. The summed E-state index contributed by atoms with van der Waals surface area (Å²) in [7, 11) is 0. The highest BCUT2D eigenvalue weighted by molar-refractivity contribution is 7.80. The summed E-state index contributed by atoms with van der Waals surface area (Å²) >= 11 is 5.26. The zero-order valence-electron chi connectivity index (χ0n) is 13.1. The highest BCUT2D eigenvalue weighted by Crippen LogP contribution is 2.24. The van der Waals surface area contributed by atoms with Crippen molar-refractivity contribution in [3.63, 3.8) is 0 Å². The Labute approximate surface area is 128 Å². The predicted octanol–water partition coefficient (Wildman–Crippen LogP) is 3.20. The Hall–Kier alpha value is -1.13. The summed E-state index contributed by atoms with van der Waals surface area (Å²) < 4.78 is 0. The Balaban J connectivity index is 3.02. The average Bonchev–Trinajstić information content (AvgIpc) is 2.46.